The van der Waals surface area contributed by atoms with Crippen LogP contribution in [0.1, 0.15) is 26.5 Å². The van der Waals surface area contributed by atoms with E-state index in [2.05, 4.69) is 0 Å². The smallest absolute Gasteiger partial charge is 0.223 e. The van der Waals surface area contributed by atoms with E-state index >= 15 is 0 Å². The molecule has 4 heteroatoms. The zero-order valence-electron chi connectivity index (χ0n) is 8.61. The van der Waals surface area contributed by atoms with E-state index in [1.807, 2.05) is 20.8 Å². The van der Waals surface area contributed by atoms with E-state index in [1.54, 1.807) is 0 Å². The molecule has 1 aromatic heterocycles. The van der Waals surface area contributed by atoms with Crippen LogP contribution >= 0.6 is 0 Å². The minimum Gasteiger partial charge on any atom is -0.503 e. The Bertz CT molecular complexity index is 387. The van der Waals surface area contributed by atoms with Gasteiger partial charge in [0.05, 0.1) is 11.9 Å². The van der Waals surface area contributed by atoms with Crippen molar-refractivity contribution in [2.75, 3.05) is 0 Å². The summed E-state index contributed by atoms with van der Waals surface area (Å²) in [4.78, 5) is 11.1. The normalized spacial score (nSPS) is 11.6. The molecule has 0 radical (unpaired) electrons. The molecule has 1 rings (SSSR count). The van der Waals surface area contributed by atoms with Gasteiger partial charge >= 0.3 is 0 Å². The van der Waals surface area contributed by atoms with E-state index in [0.29, 0.717) is 12.1 Å². The van der Waals surface area contributed by atoms with Crippen LogP contribution in [-0.2, 0) is 6.42 Å². The summed E-state index contributed by atoms with van der Waals surface area (Å²) in [5, 5.41) is 18.4. The Balaban J connectivity index is 3.11. The summed E-state index contributed by atoms with van der Waals surface area (Å²) in [5.74, 6) is -0.440. The van der Waals surface area contributed by atoms with Gasteiger partial charge in [-0.15, -0.1) is 0 Å². The maximum absolute atomic E-state index is 11.1. The Labute approximate surface area is 82.4 Å². The first-order chi connectivity index (χ1) is 6.29. The third-order valence-corrected chi connectivity index (χ3v) is 1.80. The third kappa shape index (κ3) is 2.52. The topological polar surface area (TPSA) is 62.5 Å². The van der Waals surface area contributed by atoms with Gasteiger partial charge in [0.15, 0.2) is 5.75 Å². The van der Waals surface area contributed by atoms with E-state index in [-0.39, 0.29) is 5.41 Å². The van der Waals surface area contributed by atoms with Gasteiger partial charge in [0, 0.05) is 6.07 Å². The summed E-state index contributed by atoms with van der Waals surface area (Å²) >= 11 is 0. The molecular weight excluding hydrogens is 182 g/mol. The van der Waals surface area contributed by atoms with Crippen molar-refractivity contribution >= 4 is 0 Å². The van der Waals surface area contributed by atoms with Crippen LogP contribution in [-0.4, -0.2) is 15.0 Å². The van der Waals surface area contributed by atoms with Gasteiger partial charge < -0.3 is 10.3 Å². The number of aromatic nitrogens is 1. The first-order valence-corrected chi connectivity index (χ1v) is 4.43. The predicted molar refractivity (Wildman–Crippen MR) is 52.7 cm³/mol. The standard InChI is InChI=1S/C10H15NO3/c1-10(2,3)5-7-4-8(12)9(13)6-11(7)14/h4,6,13-14H,5H2,1-3H3. The molecular formula is C10H15NO3. The van der Waals surface area contributed by atoms with Gasteiger partial charge in [0.2, 0.25) is 5.43 Å². The zero-order chi connectivity index (χ0) is 10.9. The van der Waals surface area contributed by atoms with Gasteiger partial charge in [0.1, 0.15) is 0 Å². The highest BCUT2D eigenvalue weighted by Crippen LogP contribution is 2.19. The lowest BCUT2D eigenvalue weighted by molar-refractivity contribution is 0.164. The predicted octanol–water partition coefficient (Wildman–Crippen LogP) is 1.38. The molecule has 0 aliphatic heterocycles. The summed E-state index contributed by atoms with van der Waals surface area (Å²) in [6, 6.07) is 1.25. The number of rotatable bonds is 1. The van der Waals surface area contributed by atoms with Crippen molar-refractivity contribution in [3.05, 3.63) is 28.2 Å². The first kappa shape index (κ1) is 10.6. The van der Waals surface area contributed by atoms with Crippen molar-refractivity contribution in [2.24, 2.45) is 5.41 Å². The molecule has 0 atom stereocenters. The third-order valence-electron chi connectivity index (χ3n) is 1.80. The van der Waals surface area contributed by atoms with Gasteiger partial charge in [-0.05, 0) is 11.8 Å². The highest BCUT2D eigenvalue weighted by Gasteiger charge is 2.15. The molecule has 0 aromatic carbocycles. The molecule has 0 amide bonds. The fourth-order valence-electron chi connectivity index (χ4n) is 1.23. The number of hydrogen-bond donors (Lipinski definition) is 2. The van der Waals surface area contributed by atoms with E-state index < -0.39 is 11.2 Å². The molecule has 1 aromatic rings. The van der Waals surface area contributed by atoms with Crippen LogP contribution in [0.5, 0.6) is 5.75 Å². The summed E-state index contributed by atoms with van der Waals surface area (Å²) in [6.45, 7) is 6.01. The molecule has 0 unspecified atom stereocenters. The minimum absolute atomic E-state index is 0.0199. The lowest BCUT2D eigenvalue weighted by Crippen LogP contribution is -2.17. The SMILES string of the molecule is CC(C)(C)Cc1cc(=O)c(O)cn1O. The van der Waals surface area contributed by atoms with Gasteiger partial charge in [-0.25, -0.2) is 0 Å². The van der Waals surface area contributed by atoms with Crippen LogP contribution in [0, 0.1) is 5.41 Å². The van der Waals surface area contributed by atoms with Crippen LogP contribution in [0.2, 0.25) is 0 Å². The lowest BCUT2D eigenvalue weighted by atomic mass is 9.90. The molecule has 0 saturated heterocycles. The maximum atomic E-state index is 11.1. The maximum Gasteiger partial charge on any atom is 0.223 e. The van der Waals surface area contributed by atoms with E-state index in [0.717, 1.165) is 10.9 Å². The van der Waals surface area contributed by atoms with E-state index in [4.69, 9.17) is 5.11 Å². The second kappa shape index (κ2) is 3.36. The van der Waals surface area contributed by atoms with Crippen molar-refractivity contribution in [2.45, 2.75) is 27.2 Å². The Kier molecular flexibility index (Phi) is 2.55. The first-order valence-electron chi connectivity index (χ1n) is 4.43. The summed E-state index contributed by atoms with van der Waals surface area (Å²) in [7, 11) is 0. The molecule has 78 valence electrons. The number of pyridine rings is 1. The Morgan fingerprint density at radius 1 is 1.43 bits per heavy atom. The van der Waals surface area contributed by atoms with Crippen LogP contribution in [0.15, 0.2) is 17.1 Å². The summed E-state index contributed by atoms with van der Waals surface area (Å²) in [5.41, 5.74) is 0.0170. The molecule has 1 heterocycles. The monoisotopic (exact) mass is 197 g/mol. The Morgan fingerprint density at radius 3 is 2.50 bits per heavy atom. The zero-order valence-corrected chi connectivity index (χ0v) is 8.61. The second-order valence-corrected chi connectivity index (χ2v) is 4.60. The van der Waals surface area contributed by atoms with Gasteiger partial charge in [0.25, 0.3) is 0 Å². The average Bonchev–Trinajstić information content (AvgIpc) is 1.97. The van der Waals surface area contributed by atoms with E-state index in [1.165, 1.54) is 6.07 Å². The molecule has 14 heavy (non-hydrogen) atoms. The minimum atomic E-state index is -0.463. The van der Waals surface area contributed by atoms with Gasteiger partial charge in [-0.1, -0.05) is 20.8 Å². The summed E-state index contributed by atoms with van der Waals surface area (Å²) in [6.07, 6.45) is 1.59. The van der Waals surface area contributed by atoms with Crippen LogP contribution < -0.4 is 5.43 Å². The van der Waals surface area contributed by atoms with E-state index in [9.17, 15) is 10.0 Å². The molecule has 0 bridgehead atoms. The quantitative estimate of drug-likeness (QED) is 0.668. The highest BCUT2D eigenvalue weighted by molar-refractivity contribution is 5.19. The molecule has 2 N–H and O–H groups in total. The molecule has 0 aliphatic rings. The van der Waals surface area contributed by atoms with Crippen molar-refractivity contribution in [3.8, 4) is 5.75 Å². The van der Waals surface area contributed by atoms with Gasteiger partial charge in [-0.2, -0.15) is 4.73 Å². The Hall–Kier alpha value is -1.45. The van der Waals surface area contributed by atoms with Crippen molar-refractivity contribution < 1.29 is 10.3 Å². The summed E-state index contributed by atoms with van der Waals surface area (Å²) < 4.78 is 0.794. The molecule has 0 saturated carbocycles. The largest absolute Gasteiger partial charge is 0.503 e. The second-order valence-electron chi connectivity index (χ2n) is 4.60. The highest BCUT2D eigenvalue weighted by atomic mass is 16.5. The van der Waals surface area contributed by atoms with Crippen LogP contribution in [0.25, 0.3) is 0 Å². The van der Waals surface area contributed by atoms with Crippen molar-refractivity contribution in [1.82, 2.24) is 4.73 Å². The Morgan fingerprint density at radius 2 is 2.00 bits per heavy atom. The van der Waals surface area contributed by atoms with Crippen molar-refractivity contribution in [3.63, 3.8) is 0 Å². The molecule has 4 nitrogen and oxygen atoms in total. The average molecular weight is 197 g/mol. The number of hydrogen-bond acceptors (Lipinski definition) is 3. The number of aromatic hydroxyl groups is 1. The number of nitrogens with zero attached hydrogens (tertiary/aromatic N) is 1. The fraction of sp³-hybridized carbons (Fsp3) is 0.500. The van der Waals surface area contributed by atoms with Gasteiger partial charge in [-0.3, -0.25) is 4.79 Å². The molecule has 0 spiro atoms. The van der Waals surface area contributed by atoms with Crippen LogP contribution in [0.3, 0.4) is 0 Å². The lowest BCUT2D eigenvalue weighted by Gasteiger charge is -2.19. The van der Waals surface area contributed by atoms with Crippen molar-refractivity contribution in [1.29, 1.82) is 0 Å². The fourth-order valence-corrected chi connectivity index (χ4v) is 1.23. The molecule has 0 fully saturated rings. The molecule has 0 aliphatic carbocycles. The van der Waals surface area contributed by atoms with Crippen LogP contribution in [0.4, 0.5) is 0 Å².